The van der Waals surface area contributed by atoms with E-state index >= 15 is 0 Å². The van der Waals surface area contributed by atoms with Gasteiger partial charge in [0.1, 0.15) is 0 Å². The van der Waals surface area contributed by atoms with Crippen LogP contribution in [0.2, 0.25) is 0 Å². The molecule has 2 rings (SSSR count). The van der Waals surface area contributed by atoms with Gasteiger partial charge in [-0.05, 0) is 43.7 Å². The van der Waals surface area contributed by atoms with Crippen LogP contribution in [0.4, 0.5) is 0 Å². The van der Waals surface area contributed by atoms with E-state index in [1.165, 1.54) is 0 Å². The van der Waals surface area contributed by atoms with Crippen LogP contribution in [0.3, 0.4) is 0 Å². The van der Waals surface area contributed by atoms with Crippen LogP contribution in [0.15, 0.2) is 24.3 Å². The van der Waals surface area contributed by atoms with E-state index in [9.17, 15) is 4.79 Å². The van der Waals surface area contributed by atoms with E-state index < -0.39 is 0 Å². The van der Waals surface area contributed by atoms with Gasteiger partial charge >= 0.3 is 0 Å². The number of aryl methyl sites for hydroxylation is 1. The van der Waals surface area contributed by atoms with Crippen LogP contribution in [-0.2, 0) is 6.42 Å². The molecular formula is C16H22ClNO. The molecule has 1 saturated heterocycles. The molecule has 0 spiro atoms. The average Bonchev–Trinajstić information content (AvgIpc) is 2.46. The lowest BCUT2D eigenvalue weighted by molar-refractivity contribution is 0.0689. The molecule has 1 atom stereocenters. The van der Waals surface area contributed by atoms with Gasteiger partial charge in [0, 0.05) is 24.0 Å². The zero-order valence-electron chi connectivity index (χ0n) is 11.7. The third-order valence-electron chi connectivity index (χ3n) is 4.11. The summed E-state index contributed by atoms with van der Waals surface area (Å²) in [5.41, 5.74) is 2.00. The first-order valence-electron chi connectivity index (χ1n) is 7.14. The number of benzene rings is 1. The van der Waals surface area contributed by atoms with Crippen molar-refractivity contribution in [2.24, 2.45) is 5.92 Å². The van der Waals surface area contributed by atoms with Crippen molar-refractivity contribution in [3.63, 3.8) is 0 Å². The molecule has 0 aliphatic carbocycles. The standard InChI is InChI=1S/C16H22ClNO/c1-3-13-6-4-5-7-15(13)16(19)18-10-8-14(9-11-18)12(2)17/h4-7,12,14H,3,8-11H2,1-2H3. The summed E-state index contributed by atoms with van der Waals surface area (Å²) in [5, 5.41) is 0.209. The van der Waals surface area contributed by atoms with Crippen LogP contribution >= 0.6 is 11.6 Å². The normalized spacial score (nSPS) is 18.4. The van der Waals surface area contributed by atoms with Crippen LogP contribution in [0.5, 0.6) is 0 Å². The number of hydrogen-bond donors (Lipinski definition) is 0. The Bertz CT molecular complexity index is 436. The number of halogens is 1. The molecule has 104 valence electrons. The monoisotopic (exact) mass is 279 g/mol. The summed E-state index contributed by atoms with van der Waals surface area (Å²) < 4.78 is 0. The van der Waals surface area contributed by atoms with Crippen molar-refractivity contribution in [1.29, 1.82) is 0 Å². The number of likely N-dealkylation sites (tertiary alicyclic amines) is 1. The average molecular weight is 280 g/mol. The smallest absolute Gasteiger partial charge is 0.254 e. The van der Waals surface area contributed by atoms with Crippen LogP contribution in [0.25, 0.3) is 0 Å². The van der Waals surface area contributed by atoms with Gasteiger partial charge in [-0.25, -0.2) is 0 Å². The molecule has 2 nitrogen and oxygen atoms in total. The first-order valence-corrected chi connectivity index (χ1v) is 7.58. The number of carbonyl (C=O) groups excluding carboxylic acids is 1. The van der Waals surface area contributed by atoms with Gasteiger partial charge < -0.3 is 4.90 Å². The van der Waals surface area contributed by atoms with E-state index in [2.05, 4.69) is 13.8 Å². The summed E-state index contributed by atoms with van der Waals surface area (Å²) in [4.78, 5) is 14.5. The summed E-state index contributed by atoms with van der Waals surface area (Å²) >= 11 is 6.15. The van der Waals surface area contributed by atoms with E-state index in [-0.39, 0.29) is 11.3 Å². The van der Waals surface area contributed by atoms with Gasteiger partial charge in [0.2, 0.25) is 0 Å². The minimum atomic E-state index is 0.179. The SMILES string of the molecule is CCc1ccccc1C(=O)N1CCC(C(C)Cl)CC1. The Morgan fingerprint density at radius 2 is 2.00 bits per heavy atom. The van der Waals surface area contributed by atoms with Crippen molar-refractivity contribution in [3.05, 3.63) is 35.4 Å². The second-order valence-electron chi connectivity index (χ2n) is 5.32. The van der Waals surface area contributed by atoms with Crippen LogP contribution in [0, 0.1) is 5.92 Å². The second-order valence-corrected chi connectivity index (χ2v) is 6.01. The van der Waals surface area contributed by atoms with Gasteiger partial charge in [0.15, 0.2) is 0 Å². The molecule has 3 heteroatoms. The largest absolute Gasteiger partial charge is 0.339 e. The minimum Gasteiger partial charge on any atom is -0.339 e. The maximum absolute atomic E-state index is 12.5. The molecule has 1 aliphatic heterocycles. The molecule has 1 aromatic rings. The first kappa shape index (κ1) is 14.4. The predicted molar refractivity (Wildman–Crippen MR) is 79.8 cm³/mol. The Balaban J connectivity index is 2.05. The topological polar surface area (TPSA) is 20.3 Å². The van der Waals surface area contributed by atoms with E-state index in [1.807, 2.05) is 29.2 Å². The molecule has 0 radical (unpaired) electrons. The maximum atomic E-state index is 12.5. The number of alkyl halides is 1. The summed E-state index contributed by atoms with van der Waals surface area (Å²) in [6.45, 7) is 5.81. The number of rotatable bonds is 3. The fourth-order valence-electron chi connectivity index (χ4n) is 2.77. The quantitative estimate of drug-likeness (QED) is 0.772. The van der Waals surface area contributed by atoms with Gasteiger partial charge in [-0.1, -0.05) is 25.1 Å². The lowest BCUT2D eigenvalue weighted by atomic mass is 9.93. The highest BCUT2D eigenvalue weighted by atomic mass is 35.5. The number of hydrogen-bond acceptors (Lipinski definition) is 1. The molecule has 0 bridgehead atoms. The predicted octanol–water partition coefficient (Wildman–Crippen LogP) is 3.73. The fourth-order valence-corrected chi connectivity index (χ4v) is 3.02. The Labute approximate surface area is 120 Å². The fraction of sp³-hybridized carbons (Fsp3) is 0.562. The molecule has 19 heavy (non-hydrogen) atoms. The molecule has 0 aromatic heterocycles. The molecule has 1 fully saturated rings. The van der Waals surface area contributed by atoms with Crippen LogP contribution in [0.1, 0.15) is 42.6 Å². The molecule has 1 heterocycles. The summed E-state index contributed by atoms with van der Waals surface area (Å²) in [7, 11) is 0. The lowest BCUT2D eigenvalue weighted by Crippen LogP contribution is -2.40. The molecule has 1 aliphatic rings. The zero-order chi connectivity index (χ0) is 13.8. The zero-order valence-corrected chi connectivity index (χ0v) is 12.5. The van der Waals surface area contributed by atoms with E-state index in [1.54, 1.807) is 0 Å². The van der Waals surface area contributed by atoms with Gasteiger partial charge in [0.05, 0.1) is 0 Å². The van der Waals surface area contributed by atoms with Gasteiger partial charge in [-0.15, -0.1) is 11.6 Å². The molecular weight excluding hydrogens is 258 g/mol. The summed E-state index contributed by atoms with van der Waals surface area (Å²) in [6.07, 6.45) is 2.94. The van der Waals surface area contributed by atoms with Crippen LogP contribution in [-0.4, -0.2) is 29.3 Å². The number of piperidine rings is 1. The highest BCUT2D eigenvalue weighted by molar-refractivity contribution is 6.20. The number of amides is 1. The number of carbonyl (C=O) groups is 1. The third-order valence-corrected chi connectivity index (χ3v) is 4.46. The van der Waals surface area contributed by atoms with Crippen LogP contribution < -0.4 is 0 Å². The van der Waals surface area contributed by atoms with Crippen molar-refractivity contribution in [1.82, 2.24) is 4.90 Å². The Morgan fingerprint density at radius 1 is 1.37 bits per heavy atom. The second kappa shape index (κ2) is 6.42. The minimum absolute atomic E-state index is 0.179. The summed E-state index contributed by atoms with van der Waals surface area (Å²) in [6, 6.07) is 7.93. The first-order chi connectivity index (χ1) is 9.13. The van der Waals surface area contributed by atoms with Crippen molar-refractivity contribution in [2.75, 3.05) is 13.1 Å². The molecule has 1 amide bonds. The molecule has 1 aromatic carbocycles. The van der Waals surface area contributed by atoms with Gasteiger partial charge in [0.25, 0.3) is 5.91 Å². The van der Waals surface area contributed by atoms with Crippen molar-refractivity contribution in [2.45, 2.75) is 38.5 Å². The summed E-state index contributed by atoms with van der Waals surface area (Å²) in [5.74, 6) is 0.727. The lowest BCUT2D eigenvalue weighted by Gasteiger charge is -2.33. The van der Waals surface area contributed by atoms with E-state index in [0.29, 0.717) is 5.92 Å². The Hall–Kier alpha value is -1.02. The van der Waals surface area contributed by atoms with Crippen molar-refractivity contribution >= 4 is 17.5 Å². The van der Waals surface area contributed by atoms with Crippen molar-refractivity contribution < 1.29 is 4.79 Å². The highest BCUT2D eigenvalue weighted by Gasteiger charge is 2.26. The van der Waals surface area contributed by atoms with E-state index in [0.717, 1.165) is 43.5 Å². The van der Waals surface area contributed by atoms with E-state index in [4.69, 9.17) is 11.6 Å². The highest BCUT2D eigenvalue weighted by Crippen LogP contribution is 2.25. The number of nitrogens with zero attached hydrogens (tertiary/aromatic N) is 1. The van der Waals surface area contributed by atoms with Gasteiger partial charge in [-0.2, -0.15) is 0 Å². The van der Waals surface area contributed by atoms with Gasteiger partial charge in [-0.3, -0.25) is 4.79 Å². The Morgan fingerprint density at radius 3 is 2.58 bits per heavy atom. The molecule has 1 unspecified atom stereocenters. The Kier molecular flexibility index (Phi) is 4.87. The van der Waals surface area contributed by atoms with Crippen molar-refractivity contribution in [3.8, 4) is 0 Å². The third kappa shape index (κ3) is 3.30. The maximum Gasteiger partial charge on any atom is 0.254 e. The molecule has 0 N–H and O–H groups in total. The molecule has 0 saturated carbocycles.